The Balaban J connectivity index is 1.97. The SMILES string of the molecule is COC(=O)c1cn(C2(C)CC2)c(=O)cc1OS(=O)(=O)Cc1ccccc1. The molecule has 0 unspecified atom stereocenters. The normalized spacial score (nSPS) is 15.3. The highest BCUT2D eigenvalue weighted by atomic mass is 32.2. The Bertz CT molecular complexity index is 990. The number of hydrogen-bond acceptors (Lipinski definition) is 6. The maximum atomic E-state index is 12.4. The van der Waals surface area contributed by atoms with E-state index in [0.29, 0.717) is 5.56 Å². The first-order chi connectivity index (χ1) is 12.2. The molecule has 1 fully saturated rings. The van der Waals surface area contributed by atoms with Gasteiger partial charge in [-0.3, -0.25) is 4.79 Å². The molecule has 0 amide bonds. The first-order valence-electron chi connectivity index (χ1n) is 8.06. The zero-order valence-corrected chi connectivity index (χ0v) is 15.3. The third-order valence-corrected chi connectivity index (χ3v) is 5.50. The maximum absolute atomic E-state index is 12.4. The van der Waals surface area contributed by atoms with E-state index in [9.17, 15) is 18.0 Å². The average molecular weight is 377 g/mol. The van der Waals surface area contributed by atoms with Crippen molar-refractivity contribution >= 4 is 16.1 Å². The van der Waals surface area contributed by atoms with Gasteiger partial charge in [0.1, 0.15) is 11.3 Å². The molecule has 0 saturated heterocycles. The number of aromatic nitrogens is 1. The van der Waals surface area contributed by atoms with Crippen LogP contribution in [0.25, 0.3) is 0 Å². The summed E-state index contributed by atoms with van der Waals surface area (Å²) in [7, 11) is -2.88. The molecule has 1 aromatic carbocycles. The summed E-state index contributed by atoms with van der Waals surface area (Å²) in [5.74, 6) is -1.47. The van der Waals surface area contributed by atoms with Gasteiger partial charge in [-0.2, -0.15) is 8.42 Å². The second kappa shape index (κ2) is 6.60. The first kappa shape index (κ1) is 18.2. The summed E-state index contributed by atoms with van der Waals surface area (Å²) < 4.78 is 35.9. The van der Waals surface area contributed by atoms with Crippen LogP contribution in [0.5, 0.6) is 5.75 Å². The summed E-state index contributed by atoms with van der Waals surface area (Å²) in [5, 5.41) is 0. The first-order valence-corrected chi connectivity index (χ1v) is 9.63. The minimum atomic E-state index is -4.06. The van der Waals surface area contributed by atoms with Gasteiger partial charge in [-0.05, 0) is 25.3 Å². The predicted octanol–water partition coefficient (Wildman–Crippen LogP) is 2.05. The van der Waals surface area contributed by atoms with Crippen molar-refractivity contribution in [1.29, 1.82) is 0 Å². The Morgan fingerprint density at radius 3 is 2.46 bits per heavy atom. The number of nitrogens with zero attached hydrogens (tertiary/aromatic N) is 1. The molecule has 1 aromatic heterocycles. The van der Waals surface area contributed by atoms with Crippen molar-refractivity contribution in [3.05, 3.63) is 64.1 Å². The predicted molar refractivity (Wildman–Crippen MR) is 94.6 cm³/mol. The molecule has 1 aliphatic rings. The fraction of sp³-hybridized carbons (Fsp3) is 0.333. The largest absolute Gasteiger partial charge is 0.465 e. The van der Waals surface area contributed by atoms with Crippen molar-refractivity contribution in [3.8, 4) is 5.75 Å². The van der Waals surface area contributed by atoms with E-state index in [2.05, 4.69) is 0 Å². The fourth-order valence-electron chi connectivity index (χ4n) is 2.64. The van der Waals surface area contributed by atoms with Gasteiger partial charge in [-0.25, -0.2) is 4.79 Å². The molecule has 26 heavy (non-hydrogen) atoms. The number of esters is 1. The van der Waals surface area contributed by atoms with Crippen molar-refractivity contribution in [2.45, 2.75) is 31.1 Å². The van der Waals surface area contributed by atoms with Gasteiger partial charge >= 0.3 is 16.1 Å². The average Bonchev–Trinajstić information content (AvgIpc) is 3.32. The minimum absolute atomic E-state index is 0.100. The topological polar surface area (TPSA) is 91.7 Å². The van der Waals surface area contributed by atoms with Gasteiger partial charge in [0.05, 0.1) is 7.11 Å². The van der Waals surface area contributed by atoms with Gasteiger partial charge in [0.2, 0.25) is 0 Å². The molecule has 0 atom stereocenters. The van der Waals surface area contributed by atoms with Gasteiger partial charge in [0, 0.05) is 17.8 Å². The van der Waals surface area contributed by atoms with Crippen LogP contribution in [0.15, 0.2) is 47.4 Å². The summed E-state index contributed by atoms with van der Waals surface area (Å²) in [6.45, 7) is 1.89. The van der Waals surface area contributed by atoms with Crippen molar-refractivity contribution < 1.29 is 22.1 Å². The number of rotatable bonds is 6. The van der Waals surface area contributed by atoms with Gasteiger partial charge in [-0.1, -0.05) is 30.3 Å². The molecule has 0 spiro atoms. The number of hydrogen-bond donors (Lipinski definition) is 0. The highest BCUT2D eigenvalue weighted by molar-refractivity contribution is 7.86. The van der Waals surface area contributed by atoms with Crippen LogP contribution >= 0.6 is 0 Å². The lowest BCUT2D eigenvalue weighted by molar-refractivity contribution is 0.0597. The van der Waals surface area contributed by atoms with Crippen LogP contribution < -0.4 is 9.74 Å². The maximum Gasteiger partial charge on any atom is 0.343 e. The van der Waals surface area contributed by atoms with Crippen molar-refractivity contribution in [1.82, 2.24) is 4.57 Å². The van der Waals surface area contributed by atoms with E-state index in [-0.39, 0.29) is 22.6 Å². The van der Waals surface area contributed by atoms with Crippen LogP contribution in [0, 0.1) is 0 Å². The van der Waals surface area contributed by atoms with Gasteiger partial charge in [0.25, 0.3) is 5.56 Å². The van der Waals surface area contributed by atoms with E-state index < -0.39 is 21.6 Å². The van der Waals surface area contributed by atoms with E-state index in [1.54, 1.807) is 30.3 Å². The smallest absolute Gasteiger partial charge is 0.343 e. The molecule has 0 N–H and O–H groups in total. The number of carbonyl (C=O) groups is 1. The van der Waals surface area contributed by atoms with Crippen LogP contribution in [0.4, 0.5) is 0 Å². The quantitative estimate of drug-likeness (QED) is 0.565. The molecule has 2 aromatic rings. The van der Waals surface area contributed by atoms with Gasteiger partial charge < -0.3 is 13.5 Å². The summed E-state index contributed by atoms with van der Waals surface area (Å²) in [4.78, 5) is 24.4. The Morgan fingerprint density at radius 2 is 1.88 bits per heavy atom. The zero-order valence-electron chi connectivity index (χ0n) is 14.5. The monoisotopic (exact) mass is 377 g/mol. The Kier molecular flexibility index (Phi) is 4.62. The highest BCUT2D eigenvalue weighted by Crippen LogP contribution is 2.42. The number of ether oxygens (including phenoxy) is 1. The van der Waals surface area contributed by atoms with Crippen LogP contribution in [-0.2, 0) is 26.1 Å². The molecular formula is C18H19NO6S. The lowest BCUT2D eigenvalue weighted by atomic mass is 10.2. The van der Waals surface area contributed by atoms with Crippen LogP contribution in [0.3, 0.4) is 0 Å². The van der Waals surface area contributed by atoms with E-state index in [1.165, 1.54) is 17.9 Å². The van der Waals surface area contributed by atoms with E-state index in [0.717, 1.165) is 18.9 Å². The second-order valence-electron chi connectivity index (χ2n) is 6.52. The van der Waals surface area contributed by atoms with E-state index in [1.807, 2.05) is 6.92 Å². The molecular weight excluding hydrogens is 358 g/mol. The van der Waals surface area contributed by atoms with Gasteiger partial charge in [-0.15, -0.1) is 0 Å². The highest BCUT2D eigenvalue weighted by Gasteiger charge is 2.40. The third-order valence-electron chi connectivity index (χ3n) is 4.38. The number of methoxy groups -OCH3 is 1. The molecule has 1 saturated carbocycles. The van der Waals surface area contributed by atoms with Crippen LogP contribution in [-0.4, -0.2) is 26.1 Å². The van der Waals surface area contributed by atoms with Gasteiger partial charge in [0.15, 0.2) is 5.75 Å². The molecule has 1 aliphatic carbocycles. The summed E-state index contributed by atoms with van der Waals surface area (Å²) >= 11 is 0. The van der Waals surface area contributed by atoms with Crippen LogP contribution in [0.1, 0.15) is 35.7 Å². The third kappa shape index (κ3) is 3.80. The number of pyridine rings is 1. The Morgan fingerprint density at radius 1 is 1.23 bits per heavy atom. The summed E-state index contributed by atoms with van der Waals surface area (Å²) in [6, 6.07) is 9.51. The molecule has 8 heteroatoms. The number of carbonyl (C=O) groups excluding carboxylic acids is 1. The van der Waals surface area contributed by atoms with Crippen LogP contribution in [0.2, 0.25) is 0 Å². The molecule has 7 nitrogen and oxygen atoms in total. The Labute approximate surface area is 151 Å². The second-order valence-corrected chi connectivity index (χ2v) is 8.09. The lowest BCUT2D eigenvalue weighted by Gasteiger charge is -2.16. The zero-order chi connectivity index (χ0) is 18.9. The fourth-order valence-corrected chi connectivity index (χ4v) is 3.71. The van der Waals surface area contributed by atoms with Crippen molar-refractivity contribution in [2.24, 2.45) is 0 Å². The molecule has 0 bridgehead atoms. The van der Waals surface area contributed by atoms with Crippen molar-refractivity contribution in [2.75, 3.05) is 7.11 Å². The Hall–Kier alpha value is -2.61. The number of benzene rings is 1. The molecule has 3 rings (SSSR count). The standard InChI is InChI=1S/C18H19NO6S/c1-18(8-9-18)19-11-14(17(21)24-2)15(10-16(19)20)25-26(22,23)12-13-6-4-3-5-7-13/h3-7,10-11H,8-9,12H2,1-2H3. The van der Waals surface area contributed by atoms with E-state index in [4.69, 9.17) is 8.92 Å². The summed E-state index contributed by atoms with van der Waals surface area (Å²) in [6.07, 6.45) is 2.93. The lowest BCUT2D eigenvalue weighted by Crippen LogP contribution is -2.29. The molecule has 1 heterocycles. The van der Waals surface area contributed by atoms with Crippen molar-refractivity contribution in [3.63, 3.8) is 0 Å². The van der Waals surface area contributed by atoms with E-state index >= 15 is 0 Å². The molecule has 0 aliphatic heterocycles. The molecule has 0 radical (unpaired) electrons. The molecule has 138 valence electrons. The minimum Gasteiger partial charge on any atom is -0.465 e. The summed E-state index contributed by atoms with van der Waals surface area (Å²) in [5.41, 5.74) is -0.355.